The summed E-state index contributed by atoms with van der Waals surface area (Å²) in [5.74, 6) is -0.696. The zero-order valence-electron chi connectivity index (χ0n) is 22.0. The van der Waals surface area contributed by atoms with Crippen molar-refractivity contribution < 1.29 is 31.3 Å². The van der Waals surface area contributed by atoms with E-state index in [1.54, 1.807) is 12.1 Å². The van der Waals surface area contributed by atoms with Gasteiger partial charge in [0.1, 0.15) is 25.1 Å². The van der Waals surface area contributed by atoms with Crippen molar-refractivity contribution in [1.29, 1.82) is 0 Å². The van der Waals surface area contributed by atoms with E-state index in [0.29, 0.717) is 5.56 Å². The Bertz CT molecular complexity index is 1530. The van der Waals surface area contributed by atoms with Crippen LogP contribution in [0.5, 0.6) is 11.5 Å². The van der Waals surface area contributed by atoms with Gasteiger partial charge in [0.25, 0.3) is 16.0 Å². The van der Waals surface area contributed by atoms with Gasteiger partial charge in [-0.05, 0) is 35.7 Å². The topological polar surface area (TPSA) is 104 Å². The van der Waals surface area contributed by atoms with E-state index in [9.17, 15) is 17.6 Å². The number of ether oxygens (including phenoxy) is 2. The van der Waals surface area contributed by atoms with Crippen LogP contribution in [0.4, 0.5) is 4.39 Å². The van der Waals surface area contributed by atoms with Gasteiger partial charge in [-0.15, -0.1) is 0 Å². The van der Waals surface area contributed by atoms with Gasteiger partial charge >= 0.3 is 0 Å². The summed E-state index contributed by atoms with van der Waals surface area (Å²) in [6, 6.07) is 26.0. The average Bonchev–Trinajstić information content (AvgIpc) is 2.94. The minimum absolute atomic E-state index is 0.0895. The predicted octanol–water partition coefficient (Wildman–Crippen LogP) is 5.35. The number of aromatic nitrogens is 1. The number of benzene rings is 3. The van der Waals surface area contributed by atoms with Crippen LogP contribution < -0.4 is 14.8 Å². The second kappa shape index (κ2) is 13.2. The van der Waals surface area contributed by atoms with Gasteiger partial charge < -0.3 is 14.8 Å². The van der Waals surface area contributed by atoms with Gasteiger partial charge in [-0.2, -0.15) is 8.42 Å². The average molecular weight is 565 g/mol. The highest BCUT2D eigenvalue weighted by molar-refractivity contribution is 7.86. The number of hydrogen-bond acceptors (Lipinski definition) is 7. The predicted molar refractivity (Wildman–Crippen MR) is 148 cm³/mol. The van der Waals surface area contributed by atoms with Crippen molar-refractivity contribution in [3.8, 4) is 11.5 Å². The number of amides is 1. The second-order valence-electron chi connectivity index (χ2n) is 9.02. The van der Waals surface area contributed by atoms with Gasteiger partial charge in [-0.1, -0.05) is 72.8 Å². The smallest absolute Gasteiger partial charge is 0.274 e. The highest BCUT2D eigenvalue weighted by atomic mass is 32.2. The molecule has 1 N–H and O–H groups in total. The van der Waals surface area contributed by atoms with Crippen molar-refractivity contribution in [3.05, 3.63) is 125 Å². The van der Waals surface area contributed by atoms with Crippen molar-refractivity contribution in [2.75, 3.05) is 6.26 Å². The molecule has 0 aliphatic carbocycles. The summed E-state index contributed by atoms with van der Waals surface area (Å²) in [7, 11) is -3.82. The lowest BCUT2D eigenvalue weighted by Gasteiger charge is -2.19. The molecule has 0 bridgehead atoms. The quantitative estimate of drug-likeness (QED) is 0.232. The number of nitrogens with one attached hydrogen (secondary N) is 1. The van der Waals surface area contributed by atoms with E-state index >= 15 is 0 Å². The SMILES string of the molecule is CC(OS(C)(=O)=O)c1cc(OCc2ccccc2)c(OCc2ccccc2)c(C(=O)NCc2ccc(F)cc2)n1. The lowest BCUT2D eigenvalue weighted by Crippen LogP contribution is -2.26. The number of rotatable bonds is 12. The van der Waals surface area contributed by atoms with Crippen molar-refractivity contribution in [3.63, 3.8) is 0 Å². The third-order valence-corrected chi connectivity index (χ3v) is 6.38. The van der Waals surface area contributed by atoms with Gasteiger partial charge in [0.2, 0.25) is 0 Å². The fraction of sp³-hybridized carbons (Fsp3) is 0.200. The maximum absolute atomic E-state index is 13.5. The molecule has 0 saturated carbocycles. The van der Waals surface area contributed by atoms with Crippen LogP contribution in [-0.2, 0) is 34.1 Å². The largest absolute Gasteiger partial charge is 0.485 e. The van der Waals surface area contributed by atoms with E-state index in [0.717, 1.165) is 17.4 Å². The Morgan fingerprint density at radius 2 is 1.45 bits per heavy atom. The first-order chi connectivity index (χ1) is 19.2. The fourth-order valence-corrected chi connectivity index (χ4v) is 4.41. The Kier molecular flexibility index (Phi) is 9.47. The number of carbonyl (C=O) groups is 1. The Labute approximate surface area is 232 Å². The Morgan fingerprint density at radius 3 is 2.02 bits per heavy atom. The fourth-order valence-electron chi connectivity index (χ4n) is 3.78. The molecule has 0 spiro atoms. The van der Waals surface area contributed by atoms with Gasteiger partial charge in [0, 0.05) is 12.6 Å². The molecule has 10 heteroatoms. The molecule has 40 heavy (non-hydrogen) atoms. The van der Waals surface area contributed by atoms with Crippen LogP contribution in [0.25, 0.3) is 0 Å². The number of halogens is 1. The number of nitrogens with zero attached hydrogens (tertiary/aromatic N) is 1. The van der Waals surface area contributed by atoms with E-state index in [4.69, 9.17) is 13.7 Å². The van der Waals surface area contributed by atoms with Crippen LogP contribution in [0.2, 0.25) is 0 Å². The van der Waals surface area contributed by atoms with Crippen LogP contribution in [-0.4, -0.2) is 25.6 Å². The minimum Gasteiger partial charge on any atom is -0.485 e. The van der Waals surface area contributed by atoms with Crippen LogP contribution in [0.1, 0.15) is 45.9 Å². The van der Waals surface area contributed by atoms with Crippen LogP contribution in [0.15, 0.2) is 91.0 Å². The first-order valence-electron chi connectivity index (χ1n) is 12.5. The van der Waals surface area contributed by atoms with Crippen LogP contribution in [0, 0.1) is 5.82 Å². The Balaban J connectivity index is 1.72. The molecule has 1 unspecified atom stereocenters. The number of pyridine rings is 1. The molecule has 0 aliphatic rings. The molecule has 1 amide bonds. The second-order valence-corrected chi connectivity index (χ2v) is 10.6. The molecule has 208 valence electrons. The van der Waals surface area contributed by atoms with E-state index in [-0.39, 0.29) is 48.5 Å². The first-order valence-corrected chi connectivity index (χ1v) is 14.3. The highest BCUT2D eigenvalue weighted by Crippen LogP contribution is 2.35. The molecule has 4 aromatic rings. The summed E-state index contributed by atoms with van der Waals surface area (Å²) in [5, 5.41) is 2.77. The van der Waals surface area contributed by atoms with Crippen LogP contribution in [0.3, 0.4) is 0 Å². The third kappa shape index (κ3) is 8.36. The molecule has 0 fully saturated rings. The maximum Gasteiger partial charge on any atom is 0.274 e. The molecule has 1 aromatic heterocycles. The first kappa shape index (κ1) is 28.7. The summed E-state index contributed by atoms with van der Waals surface area (Å²) in [6.07, 6.45) is -0.0786. The molecular formula is C30H29FN2O6S. The van der Waals surface area contributed by atoms with Gasteiger partial charge in [0.15, 0.2) is 17.2 Å². The Hall–Kier alpha value is -4.28. The van der Waals surface area contributed by atoms with Crippen molar-refractivity contribution in [2.24, 2.45) is 0 Å². The molecule has 4 rings (SSSR count). The van der Waals surface area contributed by atoms with Crippen LogP contribution >= 0.6 is 0 Å². The van der Waals surface area contributed by atoms with E-state index in [1.165, 1.54) is 25.1 Å². The minimum atomic E-state index is -3.82. The molecule has 8 nitrogen and oxygen atoms in total. The third-order valence-electron chi connectivity index (χ3n) is 5.74. The lowest BCUT2D eigenvalue weighted by molar-refractivity contribution is 0.0938. The Morgan fingerprint density at radius 1 is 0.875 bits per heavy atom. The molecular weight excluding hydrogens is 535 g/mol. The molecule has 1 atom stereocenters. The highest BCUT2D eigenvalue weighted by Gasteiger charge is 2.25. The zero-order valence-corrected chi connectivity index (χ0v) is 22.9. The molecule has 3 aromatic carbocycles. The number of carbonyl (C=O) groups excluding carboxylic acids is 1. The van der Waals surface area contributed by atoms with Gasteiger partial charge in [-0.3, -0.25) is 8.98 Å². The summed E-state index contributed by atoms with van der Waals surface area (Å²) in [4.78, 5) is 17.9. The summed E-state index contributed by atoms with van der Waals surface area (Å²) in [6.45, 7) is 1.88. The standard InChI is InChI=1S/C30H29FN2O6S/c1-21(39-40(2,35)36)26-17-27(37-19-23-9-5-3-6-10-23)29(38-20-24-11-7-4-8-12-24)28(33-26)30(34)32-18-22-13-15-25(31)16-14-22/h3-17,21H,18-20H2,1-2H3,(H,32,34). The van der Waals surface area contributed by atoms with Crippen molar-refractivity contribution >= 4 is 16.0 Å². The van der Waals surface area contributed by atoms with Crippen molar-refractivity contribution in [1.82, 2.24) is 10.3 Å². The maximum atomic E-state index is 13.5. The zero-order chi connectivity index (χ0) is 28.5. The van der Waals surface area contributed by atoms with E-state index in [2.05, 4.69) is 10.3 Å². The molecule has 1 heterocycles. The van der Waals surface area contributed by atoms with E-state index < -0.39 is 22.1 Å². The lowest BCUT2D eigenvalue weighted by atomic mass is 10.1. The summed E-state index contributed by atoms with van der Waals surface area (Å²) in [5.41, 5.74) is 2.45. The summed E-state index contributed by atoms with van der Waals surface area (Å²) >= 11 is 0. The van der Waals surface area contributed by atoms with Crippen molar-refractivity contribution in [2.45, 2.75) is 32.8 Å². The van der Waals surface area contributed by atoms with Gasteiger partial charge in [0.05, 0.1) is 11.9 Å². The molecule has 0 aliphatic heterocycles. The normalized spacial score (nSPS) is 12.0. The van der Waals surface area contributed by atoms with Gasteiger partial charge in [-0.25, -0.2) is 9.37 Å². The van der Waals surface area contributed by atoms with E-state index in [1.807, 2.05) is 60.7 Å². The number of hydrogen-bond donors (Lipinski definition) is 1. The molecule has 0 radical (unpaired) electrons. The monoisotopic (exact) mass is 564 g/mol. The summed E-state index contributed by atoms with van der Waals surface area (Å²) < 4.78 is 54.3. The molecule has 0 saturated heterocycles.